The molecule has 1 aliphatic rings. The first-order valence-electron chi connectivity index (χ1n) is 6.80. The largest absolute Gasteiger partial charge is 0.339 e. The van der Waals surface area contributed by atoms with Gasteiger partial charge in [0.05, 0.1) is 0 Å². The maximum absolute atomic E-state index is 11.6. The average Bonchev–Trinajstić information content (AvgIpc) is 2.81. The molecule has 0 unspecified atom stereocenters. The van der Waals surface area contributed by atoms with Gasteiger partial charge in [0, 0.05) is 13.1 Å². The van der Waals surface area contributed by atoms with E-state index in [0.717, 1.165) is 19.5 Å². The second kappa shape index (κ2) is 8.37. The molecule has 0 aromatic rings. The van der Waals surface area contributed by atoms with Gasteiger partial charge in [0.1, 0.15) is 0 Å². The molecule has 0 radical (unpaired) electrons. The first kappa shape index (κ1) is 13.3. The summed E-state index contributed by atoms with van der Waals surface area (Å²) in [6.45, 7) is 4.15. The lowest BCUT2D eigenvalue weighted by Crippen LogP contribution is -2.25. The van der Waals surface area contributed by atoms with E-state index in [1.54, 1.807) is 6.08 Å². The number of rotatable bonds is 7. The molecule has 1 fully saturated rings. The Bertz CT molecular complexity index is 217. The summed E-state index contributed by atoms with van der Waals surface area (Å²) in [4.78, 5) is 13.6. The zero-order valence-corrected chi connectivity index (χ0v) is 10.6. The lowest BCUT2D eigenvalue weighted by molar-refractivity contribution is -0.125. The van der Waals surface area contributed by atoms with Crippen molar-refractivity contribution in [3.05, 3.63) is 12.2 Å². The quantitative estimate of drug-likeness (QED) is 0.477. The summed E-state index contributed by atoms with van der Waals surface area (Å²) in [6.07, 6.45) is 13.7. The van der Waals surface area contributed by atoms with Gasteiger partial charge in [-0.1, -0.05) is 38.7 Å². The molecule has 0 saturated carbocycles. The Morgan fingerprint density at radius 1 is 1.12 bits per heavy atom. The third kappa shape index (κ3) is 5.34. The average molecular weight is 223 g/mol. The third-order valence-corrected chi connectivity index (χ3v) is 3.15. The van der Waals surface area contributed by atoms with Crippen molar-refractivity contribution < 1.29 is 4.79 Å². The summed E-state index contributed by atoms with van der Waals surface area (Å²) >= 11 is 0. The molecule has 0 aromatic heterocycles. The molecule has 1 heterocycles. The van der Waals surface area contributed by atoms with Crippen molar-refractivity contribution in [1.29, 1.82) is 0 Å². The Labute approximate surface area is 99.7 Å². The highest BCUT2D eigenvalue weighted by Gasteiger charge is 2.14. The Kier molecular flexibility index (Phi) is 6.95. The fourth-order valence-electron chi connectivity index (χ4n) is 2.09. The number of hydrogen-bond donors (Lipinski definition) is 0. The lowest BCUT2D eigenvalue weighted by atomic mass is 10.1. The molecule has 0 N–H and O–H groups in total. The molecular weight excluding hydrogens is 198 g/mol. The minimum atomic E-state index is 0.214. The van der Waals surface area contributed by atoms with Crippen LogP contribution in [-0.2, 0) is 4.79 Å². The molecule has 0 atom stereocenters. The van der Waals surface area contributed by atoms with Crippen LogP contribution in [0.5, 0.6) is 0 Å². The molecule has 0 bridgehead atoms. The summed E-state index contributed by atoms with van der Waals surface area (Å²) in [6, 6.07) is 0. The van der Waals surface area contributed by atoms with Gasteiger partial charge >= 0.3 is 0 Å². The zero-order valence-electron chi connectivity index (χ0n) is 10.6. The number of likely N-dealkylation sites (tertiary alicyclic amines) is 1. The summed E-state index contributed by atoms with van der Waals surface area (Å²) in [5.74, 6) is 0.214. The summed E-state index contributed by atoms with van der Waals surface area (Å²) in [7, 11) is 0. The molecule has 0 spiro atoms. The van der Waals surface area contributed by atoms with Gasteiger partial charge in [-0.2, -0.15) is 0 Å². The molecule has 1 rings (SSSR count). The first-order chi connectivity index (χ1) is 7.84. The summed E-state index contributed by atoms with van der Waals surface area (Å²) < 4.78 is 0. The highest BCUT2D eigenvalue weighted by molar-refractivity contribution is 5.87. The molecule has 0 aliphatic carbocycles. The Balaban J connectivity index is 2.00. The van der Waals surface area contributed by atoms with Crippen molar-refractivity contribution in [2.75, 3.05) is 13.1 Å². The van der Waals surface area contributed by atoms with Gasteiger partial charge in [-0.15, -0.1) is 0 Å². The van der Waals surface area contributed by atoms with Crippen molar-refractivity contribution in [1.82, 2.24) is 4.90 Å². The molecule has 16 heavy (non-hydrogen) atoms. The van der Waals surface area contributed by atoms with E-state index in [2.05, 4.69) is 6.92 Å². The van der Waals surface area contributed by atoms with Crippen LogP contribution in [0.4, 0.5) is 0 Å². The molecule has 1 amide bonds. The SMILES string of the molecule is CCCCCCC/C=C/C(=O)N1CCCC1. The minimum absolute atomic E-state index is 0.214. The number of unbranched alkanes of at least 4 members (excludes halogenated alkanes) is 5. The monoisotopic (exact) mass is 223 g/mol. The fourth-order valence-corrected chi connectivity index (χ4v) is 2.09. The normalized spacial score (nSPS) is 16.2. The van der Waals surface area contributed by atoms with E-state index in [-0.39, 0.29) is 5.91 Å². The zero-order chi connectivity index (χ0) is 11.6. The predicted molar refractivity (Wildman–Crippen MR) is 68.3 cm³/mol. The van der Waals surface area contributed by atoms with Gasteiger partial charge in [0.15, 0.2) is 0 Å². The number of carbonyl (C=O) groups is 1. The van der Waals surface area contributed by atoms with Crippen LogP contribution in [-0.4, -0.2) is 23.9 Å². The number of amides is 1. The van der Waals surface area contributed by atoms with E-state index in [4.69, 9.17) is 0 Å². The highest BCUT2D eigenvalue weighted by Crippen LogP contribution is 2.09. The van der Waals surface area contributed by atoms with Crippen molar-refractivity contribution in [2.24, 2.45) is 0 Å². The Morgan fingerprint density at radius 2 is 1.81 bits per heavy atom. The van der Waals surface area contributed by atoms with Crippen LogP contribution in [0.3, 0.4) is 0 Å². The molecule has 2 nitrogen and oxygen atoms in total. The van der Waals surface area contributed by atoms with Crippen LogP contribution in [0.25, 0.3) is 0 Å². The summed E-state index contributed by atoms with van der Waals surface area (Å²) in [5.41, 5.74) is 0. The van der Waals surface area contributed by atoms with Crippen LogP contribution in [0.15, 0.2) is 12.2 Å². The van der Waals surface area contributed by atoms with Crippen molar-refractivity contribution in [2.45, 2.75) is 58.3 Å². The molecule has 1 saturated heterocycles. The standard InChI is InChI=1S/C14H25NO/c1-2-3-4-5-6-7-8-11-14(16)15-12-9-10-13-15/h8,11H,2-7,9-10,12-13H2,1H3/b11-8+. The predicted octanol–water partition coefficient (Wildman–Crippen LogP) is 3.53. The number of nitrogens with zero attached hydrogens (tertiary/aromatic N) is 1. The van der Waals surface area contributed by atoms with Crippen molar-refractivity contribution >= 4 is 5.91 Å². The van der Waals surface area contributed by atoms with E-state index >= 15 is 0 Å². The van der Waals surface area contributed by atoms with Crippen LogP contribution in [0.2, 0.25) is 0 Å². The van der Waals surface area contributed by atoms with Gasteiger partial charge in [0.25, 0.3) is 0 Å². The second-order valence-corrected chi connectivity index (χ2v) is 4.64. The van der Waals surface area contributed by atoms with Crippen LogP contribution in [0.1, 0.15) is 58.3 Å². The topological polar surface area (TPSA) is 20.3 Å². The third-order valence-electron chi connectivity index (χ3n) is 3.15. The van der Waals surface area contributed by atoms with Crippen LogP contribution < -0.4 is 0 Å². The molecular formula is C14H25NO. The fraction of sp³-hybridized carbons (Fsp3) is 0.786. The van der Waals surface area contributed by atoms with Gasteiger partial charge in [-0.05, 0) is 31.8 Å². The molecule has 92 valence electrons. The number of hydrogen-bond acceptors (Lipinski definition) is 1. The van der Waals surface area contributed by atoms with Gasteiger partial charge < -0.3 is 4.90 Å². The van der Waals surface area contributed by atoms with Gasteiger partial charge in [0.2, 0.25) is 5.91 Å². The molecule has 1 aliphatic heterocycles. The minimum Gasteiger partial charge on any atom is -0.339 e. The molecule has 2 heteroatoms. The van der Waals surface area contributed by atoms with Crippen molar-refractivity contribution in [3.63, 3.8) is 0 Å². The Hall–Kier alpha value is -0.790. The highest BCUT2D eigenvalue weighted by atomic mass is 16.2. The van der Waals surface area contributed by atoms with E-state index in [1.165, 1.54) is 44.9 Å². The van der Waals surface area contributed by atoms with Gasteiger partial charge in [-0.3, -0.25) is 4.79 Å². The van der Waals surface area contributed by atoms with Crippen molar-refractivity contribution in [3.8, 4) is 0 Å². The summed E-state index contributed by atoms with van der Waals surface area (Å²) in [5, 5.41) is 0. The van der Waals surface area contributed by atoms with Gasteiger partial charge in [-0.25, -0.2) is 0 Å². The first-order valence-corrected chi connectivity index (χ1v) is 6.80. The maximum atomic E-state index is 11.6. The van der Waals surface area contributed by atoms with E-state index in [1.807, 2.05) is 11.0 Å². The lowest BCUT2D eigenvalue weighted by Gasteiger charge is -2.11. The number of carbonyl (C=O) groups excluding carboxylic acids is 1. The van der Waals surface area contributed by atoms with E-state index < -0.39 is 0 Å². The molecule has 0 aromatic carbocycles. The van der Waals surface area contributed by atoms with E-state index in [0.29, 0.717) is 0 Å². The van der Waals surface area contributed by atoms with E-state index in [9.17, 15) is 4.79 Å². The second-order valence-electron chi connectivity index (χ2n) is 4.64. The van der Waals surface area contributed by atoms with Crippen LogP contribution in [0, 0.1) is 0 Å². The Morgan fingerprint density at radius 3 is 2.50 bits per heavy atom. The van der Waals surface area contributed by atoms with Crippen LogP contribution >= 0.6 is 0 Å². The smallest absolute Gasteiger partial charge is 0.246 e. The maximum Gasteiger partial charge on any atom is 0.246 e. The number of allylic oxidation sites excluding steroid dienone is 1.